The Bertz CT molecular complexity index is 963. The van der Waals surface area contributed by atoms with Crippen LogP contribution in [0.25, 0.3) is 10.9 Å². The number of hydrogen-bond acceptors (Lipinski definition) is 2. The number of hydrogen-bond donors (Lipinski definition) is 1. The number of aryl methyl sites for hydroxylation is 2. The minimum atomic E-state index is 0.186. The van der Waals surface area contributed by atoms with Gasteiger partial charge < -0.3 is 14.8 Å². The van der Waals surface area contributed by atoms with Gasteiger partial charge in [0.2, 0.25) is 5.91 Å². The molecule has 27 heavy (non-hydrogen) atoms. The van der Waals surface area contributed by atoms with Gasteiger partial charge in [-0.25, -0.2) is 0 Å². The van der Waals surface area contributed by atoms with Gasteiger partial charge in [-0.3, -0.25) is 4.79 Å². The highest BCUT2D eigenvalue weighted by Gasteiger charge is 2.24. The van der Waals surface area contributed by atoms with Crippen LogP contribution >= 0.6 is 11.6 Å². The maximum absolute atomic E-state index is 12.8. The molecule has 1 aliphatic rings. The van der Waals surface area contributed by atoms with Gasteiger partial charge in [0.25, 0.3) is 0 Å². The van der Waals surface area contributed by atoms with E-state index >= 15 is 0 Å². The first-order chi connectivity index (χ1) is 13.0. The number of nitrogens with one attached hydrogen (secondary N) is 1. The Balaban J connectivity index is 1.43. The number of piperazine rings is 1. The number of para-hydroxylation sites is 1. The van der Waals surface area contributed by atoms with E-state index in [4.69, 9.17) is 11.6 Å². The highest BCUT2D eigenvalue weighted by molar-refractivity contribution is 6.33. The van der Waals surface area contributed by atoms with Crippen molar-refractivity contribution < 1.29 is 4.79 Å². The highest BCUT2D eigenvalue weighted by Crippen LogP contribution is 2.31. The molecule has 0 saturated carbocycles. The summed E-state index contributed by atoms with van der Waals surface area (Å²) in [5, 5.41) is 1.93. The van der Waals surface area contributed by atoms with Gasteiger partial charge in [0.05, 0.1) is 17.1 Å². The summed E-state index contributed by atoms with van der Waals surface area (Å²) in [4.78, 5) is 20.3. The third-order valence-electron chi connectivity index (χ3n) is 5.36. The van der Waals surface area contributed by atoms with Crippen LogP contribution in [-0.2, 0) is 11.2 Å². The van der Waals surface area contributed by atoms with Crippen LogP contribution in [0, 0.1) is 13.8 Å². The lowest BCUT2D eigenvalue weighted by atomic mass is 10.1. The van der Waals surface area contributed by atoms with Crippen molar-refractivity contribution >= 4 is 34.1 Å². The molecule has 0 spiro atoms. The molecule has 0 aliphatic carbocycles. The number of H-pyrrole nitrogens is 1. The van der Waals surface area contributed by atoms with E-state index in [-0.39, 0.29) is 5.91 Å². The zero-order valence-corrected chi connectivity index (χ0v) is 16.5. The summed E-state index contributed by atoms with van der Waals surface area (Å²) >= 11 is 6.49. The maximum atomic E-state index is 12.8. The number of carbonyl (C=O) groups is 1. The van der Waals surface area contributed by atoms with Crippen molar-refractivity contribution in [1.82, 2.24) is 9.88 Å². The second-order valence-electron chi connectivity index (χ2n) is 7.32. The first-order valence-electron chi connectivity index (χ1n) is 9.37. The van der Waals surface area contributed by atoms with E-state index < -0.39 is 0 Å². The average molecular weight is 382 g/mol. The molecule has 2 heterocycles. The standard InChI is InChI=1S/C22H24ClN3O/c1-15-11-16(2)22(19(23)12-15)26-9-7-25(8-10-26)21(27)13-17-14-24-20-6-4-3-5-18(17)20/h3-6,11-12,14,24H,7-10,13H2,1-2H3. The molecule has 0 bridgehead atoms. The van der Waals surface area contributed by atoms with Crippen molar-refractivity contribution in [1.29, 1.82) is 0 Å². The van der Waals surface area contributed by atoms with Gasteiger partial charge >= 0.3 is 0 Å². The van der Waals surface area contributed by atoms with E-state index in [1.807, 2.05) is 35.4 Å². The summed E-state index contributed by atoms with van der Waals surface area (Å²) in [5.41, 5.74) is 5.61. The van der Waals surface area contributed by atoms with Crippen LogP contribution in [0.5, 0.6) is 0 Å². The molecule has 3 aromatic rings. The molecular weight excluding hydrogens is 358 g/mol. The Hall–Kier alpha value is -2.46. The van der Waals surface area contributed by atoms with Crippen LogP contribution in [0.1, 0.15) is 16.7 Å². The lowest BCUT2D eigenvalue weighted by molar-refractivity contribution is -0.130. The summed E-state index contributed by atoms with van der Waals surface area (Å²) in [5.74, 6) is 0.186. The fourth-order valence-electron chi connectivity index (χ4n) is 4.04. The molecule has 1 aromatic heterocycles. The number of anilines is 1. The molecular formula is C22H24ClN3O. The van der Waals surface area contributed by atoms with Crippen molar-refractivity contribution in [2.45, 2.75) is 20.3 Å². The van der Waals surface area contributed by atoms with E-state index in [1.165, 1.54) is 11.1 Å². The summed E-state index contributed by atoms with van der Waals surface area (Å²) in [6.45, 7) is 7.23. The van der Waals surface area contributed by atoms with Crippen molar-refractivity contribution in [3.05, 3.63) is 64.3 Å². The topological polar surface area (TPSA) is 39.3 Å². The fraction of sp³-hybridized carbons (Fsp3) is 0.318. The molecule has 1 aliphatic heterocycles. The first kappa shape index (κ1) is 17.9. The molecule has 4 rings (SSSR count). The second-order valence-corrected chi connectivity index (χ2v) is 7.72. The van der Waals surface area contributed by atoms with Gasteiger partial charge in [-0.15, -0.1) is 0 Å². The van der Waals surface area contributed by atoms with E-state index in [2.05, 4.69) is 35.9 Å². The minimum Gasteiger partial charge on any atom is -0.367 e. The van der Waals surface area contributed by atoms with E-state index in [1.54, 1.807) is 0 Å². The minimum absolute atomic E-state index is 0.186. The van der Waals surface area contributed by atoms with Crippen molar-refractivity contribution in [2.75, 3.05) is 31.1 Å². The third-order valence-corrected chi connectivity index (χ3v) is 5.65. The van der Waals surface area contributed by atoms with Crippen LogP contribution < -0.4 is 4.90 Å². The van der Waals surface area contributed by atoms with Gasteiger partial charge in [-0.2, -0.15) is 0 Å². The van der Waals surface area contributed by atoms with Crippen molar-refractivity contribution in [3.8, 4) is 0 Å². The number of aromatic amines is 1. The number of carbonyl (C=O) groups excluding carboxylic acids is 1. The van der Waals surface area contributed by atoms with Crippen LogP contribution in [0.2, 0.25) is 5.02 Å². The maximum Gasteiger partial charge on any atom is 0.227 e. The Labute approximate surface area is 164 Å². The quantitative estimate of drug-likeness (QED) is 0.733. The Morgan fingerprint density at radius 2 is 1.85 bits per heavy atom. The first-order valence-corrected chi connectivity index (χ1v) is 9.75. The van der Waals surface area contributed by atoms with Crippen molar-refractivity contribution in [3.63, 3.8) is 0 Å². The summed E-state index contributed by atoms with van der Waals surface area (Å²) < 4.78 is 0. The van der Waals surface area contributed by atoms with Crippen LogP contribution in [0.3, 0.4) is 0 Å². The summed E-state index contributed by atoms with van der Waals surface area (Å²) in [6, 6.07) is 12.3. The molecule has 140 valence electrons. The molecule has 1 N–H and O–H groups in total. The lowest BCUT2D eigenvalue weighted by Crippen LogP contribution is -2.49. The zero-order chi connectivity index (χ0) is 19.0. The number of fused-ring (bicyclic) bond motifs is 1. The van der Waals surface area contributed by atoms with Crippen LogP contribution in [0.15, 0.2) is 42.6 Å². The summed E-state index contributed by atoms with van der Waals surface area (Å²) in [7, 11) is 0. The molecule has 1 fully saturated rings. The number of rotatable bonds is 3. The van der Waals surface area contributed by atoms with Crippen LogP contribution in [-0.4, -0.2) is 42.0 Å². The molecule has 1 amide bonds. The van der Waals surface area contributed by atoms with E-state index in [0.717, 1.165) is 53.4 Å². The van der Waals surface area contributed by atoms with Crippen LogP contribution in [0.4, 0.5) is 5.69 Å². The van der Waals surface area contributed by atoms with Gasteiger partial charge in [0.1, 0.15) is 0 Å². The van der Waals surface area contributed by atoms with Gasteiger partial charge in [-0.05, 0) is 42.7 Å². The number of nitrogens with zero attached hydrogens (tertiary/aromatic N) is 2. The Kier molecular flexibility index (Phi) is 4.83. The third kappa shape index (κ3) is 3.54. The zero-order valence-electron chi connectivity index (χ0n) is 15.8. The number of aromatic nitrogens is 1. The Morgan fingerprint density at radius 1 is 1.11 bits per heavy atom. The number of amides is 1. The smallest absolute Gasteiger partial charge is 0.227 e. The lowest BCUT2D eigenvalue weighted by Gasteiger charge is -2.37. The predicted molar refractivity (Wildman–Crippen MR) is 112 cm³/mol. The van der Waals surface area contributed by atoms with Gasteiger partial charge in [-0.1, -0.05) is 35.9 Å². The number of halogens is 1. The molecule has 0 unspecified atom stereocenters. The largest absolute Gasteiger partial charge is 0.367 e. The summed E-state index contributed by atoms with van der Waals surface area (Å²) in [6.07, 6.45) is 2.39. The molecule has 5 heteroatoms. The molecule has 0 atom stereocenters. The fourth-order valence-corrected chi connectivity index (χ4v) is 4.48. The van der Waals surface area contributed by atoms with Gasteiger partial charge in [0, 0.05) is 43.3 Å². The SMILES string of the molecule is Cc1cc(C)c(N2CCN(C(=O)Cc3c[nH]c4ccccc34)CC2)c(Cl)c1. The average Bonchev–Trinajstić information content (AvgIpc) is 3.04. The second kappa shape index (κ2) is 7.28. The molecule has 2 aromatic carbocycles. The number of benzene rings is 2. The van der Waals surface area contributed by atoms with E-state index in [9.17, 15) is 4.79 Å². The Morgan fingerprint density at radius 3 is 2.59 bits per heavy atom. The molecule has 1 saturated heterocycles. The predicted octanol–water partition coefficient (Wildman–Crippen LogP) is 4.33. The highest BCUT2D eigenvalue weighted by atomic mass is 35.5. The van der Waals surface area contributed by atoms with Gasteiger partial charge in [0.15, 0.2) is 0 Å². The monoisotopic (exact) mass is 381 g/mol. The molecule has 0 radical (unpaired) electrons. The van der Waals surface area contributed by atoms with E-state index in [0.29, 0.717) is 6.42 Å². The normalized spacial score (nSPS) is 14.8. The molecule has 4 nitrogen and oxygen atoms in total. The van der Waals surface area contributed by atoms with Crippen molar-refractivity contribution in [2.24, 2.45) is 0 Å².